The predicted molar refractivity (Wildman–Crippen MR) is 63.1 cm³/mol. The summed E-state index contributed by atoms with van der Waals surface area (Å²) in [4.78, 5) is 16.4. The quantitative estimate of drug-likeness (QED) is 0.618. The fourth-order valence-corrected chi connectivity index (χ4v) is 2.05. The van der Waals surface area contributed by atoms with E-state index in [9.17, 15) is 15.2 Å². The van der Waals surface area contributed by atoms with E-state index in [0.29, 0.717) is 25.3 Å². The maximum absolute atomic E-state index is 11.0. The van der Waals surface area contributed by atoms with Crippen LogP contribution >= 0.6 is 0 Å². The van der Waals surface area contributed by atoms with Gasteiger partial charge < -0.3 is 10.0 Å². The summed E-state index contributed by atoms with van der Waals surface area (Å²) in [5.41, 5.74) is -0.0328. The Morgan fingerprint density at radius 1 is 1.65 bits per heavy atom. The Hall–Kier alpha value is -1.69. The van der Waals surface area contributed by atoms with Crippen LogP contribution in [0.3, 0.4) is 0 Å². The average molecular weight is 237 g/mol. The molecular formula is C11H15N3O3. The van der Waals surface area contributed by atoms with Gasteiger partial charge in [-0.3, -0.25) is 10.1 Å². The number of nitrogens with zero attached hydrogens (tertiary/aromatic N) is 3. The first kappa shape index (κ1) is 11.8. The largest absolute Gasteiger partial charge is 0.388 e. The van der Waals surface area contributed by atoms with E-state index in [4.69, 9.17) is 0 Å². The Bertz CT molecular complexity index is 459. The zero-order valence-electron chi connectivity index (χ0n) is 9.88. The highest BCUT2D eigenvalue weighted by atomic mass is 16.6. The van der Waals surface area contributed by atoms with Gasteiger partial charge in [-0.05, 0) is 25.8 Å². The highest BCUT2D eigenvalue weighted by Crippen LogP contribution is 2.31. The zero-order valence-corrected chi connectivity index (χ0v) is 9.88. The standard InChI is InChI=1S/C11H15N3O3/c1-8-5-9(14(16)17)10(12-6-8)13-4-3-11(2,15)7-13/h5-6,15H,3-4,7H2,1-2H3. The van der Waals surface area contributed by atoms with Gasteiger partial charge in [0.2, 0.25) is 5.82 Å². The van der Waals surface area contributed by atoms with Crippen molar-refractivity contribution in [3.8, 4) is 0 Å². The van der Waals surface area contributed by atoms with Crippen molar-refractivity contribution in [2.24, 2.45) is 0 Å². The normalized spacial score (nSPS) is 24.1. The van der Waals surface area contributed by atoms with Crippen LogP contribution in [0.2, 0.25) is 0 Å². The molecule has 2 rings (SSSR count). The van der Waals surface area contributed by atoms with Crippen molar-refractivity contribution in [1.29, 1.82) is 0 Å². The van der Waals surface area contributed by atoms with Crippen molar-refractivity contribution in [1.82, 2.24) is 4.98 Å². The lowest BCUT2D eigenvalue weighted by Gasteiger charge is -2.19. The van der Waals surface area contributed by atoms with Crippen LogP contribution < -0.4 is 4.90 Å². The monoisotopic (exact) mass is 237 g/mol. The topological polar surface area (TPSA) is 79.5 Å². The number of β-amino-alcohol motifs (C(OH)–C–C–N with tert-alkyl or cyclic N) is 1. The highest BCUT2D eigenvalue weighted by molar-refractivity contribution is 5.59. The molecule has 6 nitrogen and oxygen atoms in total. The number of rotatable bonds is 2. The third kappa shape index (κ3) is 2.36. The summed E-state index contributed by atoms with van der Waals surface area (Å²) >= 11 is 0. The molecule has 0 bridgehead atoms. The van der Waals surface area contributed by atoms with Crippen LogP contribution in [0.5, 0.6) is 0 Å². The molecule has 1 aromatic heterocycles. The van der Waals surface area contributed by atoms with E-state index in [-0.39, 0.29) is 5.69 Å². The molecule has 0 saturated carbocycles. The number of anilines is 1. The summed E-state index contributed by atoms with van der Waals surface area (Å²) in [6.45, 7) is 4.46. The molecule has 0 spiro atoms. The Morgan fingerprint density at radius 2 is 2.35 bits per heavy atom. The van der Waals surface area contributed by atoms with Crippen molar-refractivity contribution < 1.29 is 10.0 Å². The van der Waals surface area contributed by atoms with E-state index < -0.39 is 10.5 Å². The second kappa shape index (κ2) is 3.96. The predicted octanol–water partition coefficient (Wildman–Crippen LogP) is 1.26. The molecule has 92 valence electrons. The van der Waals surface area contributed by atoms with Crippen LogP contribution in [0, 0.1) is 17.0 Å². The zero-order chi connectivity index (χ0) is 12.6. The Labute approximate surface area is 99.0 Å². The van der Waals surface area contributed by atoms with Crippen LogP contribution in [0.25, 0.3) is 0 Å². The molecule has 2 heterocycles. The summed E-state index contributed by atoms with van der Waals surface area (Å²) < 4.78 is 0. The van der Waals surface area contributed by atoms with Gasteiger partial charge in [0.1, 0.15) is 0 Å². The number of hydrogen-bond donors (Lipinski definition) is 1. The lowest BCUT2D eigenvalue weighted by Crippen LogP contribution is -2.30. The molecule has 6 heteroatoms. The van der Waals surface area contributed by atoms with Crippen LogP contribution in [-0.4, -0.2) is 33.7 Å². The number of aliphatic hydroxyl groups is 1. The first-order valence-corrected chi connectivity index (χ1v) is 5.47. The number of aryl methyl sites for hydroxylation is 1. The third-order valence-electron chi connectivity index (χ3n) is 2.93. The summed E-state index contributed by atoms with van der Waals surface area (Å²) in [7, 11) is 0. The minimum absolute atomic E-state index is 0.00250. The maximum Gasteiger partial charge on any atom is 0.311 e. The molecule has 1 fully saturated rings. The van der Waals surface area contributed by atoms with E-state index in [1.807, 2.05) is 0 Å². The third-order valence-corrected chi connectivity index (χ3v) is 2.93. The molecule has 0 aliphatic carbocycles. The second-order valence-electron chi connectivity index (χ2n) is 4.78. The molecule has 1 atom stereocenters. The number of hydrogen-bond acceptors (Lipinski definition) is 5. The lowest BCUT2D eigenvalue weighted by molar-refractivity contribution is -0.384. The van der Waals surface area contributed by atoms with Crippen molar-refractivity contribution in [3.63, 3.8) is 0 Å². The summed E-state index contributed by atoms with van der Waals surface area (Å²) in [6, 6.07) is 1.51. The second-order valence-corrected chi connectivity index (χ2v) is 4.78. The van der Waals surface area contributed by atoms with Crippen molar-refractivity contribution >= 4 is 11.5 Å². The number of nitro groups is 1. The van der Waals surface area contributed by atoms with Crippen LogP contribution in [0.4, 0.5) is 11.5 Å². The Balaban J connectivity index is 2.36. The van der Waals surface area contributed by atoms with Crippen LogP contribution in [-0.2, 0) is 0 Å². The molecule has 0 radical (unpaired) electrons. The molecule has 0 amide bonds. The molecule has 1 N–H and O–H groups in total. The number of aromatic nitrogens is 1. The SMILES string of the molecule is Cc1cnc(N2CCC(C)(O)C2)c([N+](=O)[O-])c1. The summed E-state index contributed by atoms with van der Waals surface area (Å²) in [5, 5.41) is 20.8. The Kier molecular flexibility index (Phi) is 2.74. The van der Waals surface area contributed by atoms with E-state index in [0.717, 1.165) is 5.56 Å². The van der Waals surface area contributed by atoms with Gasteiger partial charge in [0, 0.05) is 25.4 Å². The van der Waals surface area contributed by atoms with E-state index in [1.54, 1.807) is 24.9 Å². The highest BCUT2D eigenvalue weighted by Gasteiger charge is 2.35. The maximum atomic E-state index is 11.0. The van der Waals surface area contributed by atoms with E-state index >= 15 is 0 Å². The fourth-order valence-electron chi connectivity index (χ4n) is 2.05. The van der Waals surface area contributed by atoms with Gasteiger partial charge in [-0.25, -0.2) is 4.98 Å². The van der Waals surface area contributed by atoms with Gasteiger partial charge in [0.25, 0.3) is 0 Å². The van der Waals surface area contributed by atoms with Crippen molar-refractivity contribution in [3.05, 3.63) is 27.9 Å². The molecule has 1 saturated heterocycles. The van der Waals surface area contributed by atoms with Gasteiger partial charge >= 0.3 is 5.69 Å². The van der Waals surface area contributed by atoms with Gasteiger partial charge in [-0.1, -0.05) is 0 Å². The van der Waals surface area contributed by atoms with Gasteiger partial charge in [-0.2, -0.15) is 0 Å². The van der Waals surface area contributed by atoms with Crippen molar-refractivity contribution in [2.75, 3.05) is 18.0 Å². The summed E-state index contributed by atoms with van der Waals surface area (Å²) in [5.74, 6) is 0.346. The molecular weight excluding hydrogens is 222 g/mol. The first-order valence-electron chi connectivity index (χ1n) is 5.47. The molecule has 17 heavy (non-hydrogen) atoms. The average Bonchev–Trinajstić information content (AvgIpc) is 2.58. The summed E-state index contributed by atoms with van der Waals surface area (Å²) in [6.07, 6.45) is 2.20. The minimum atomic E-state index is -0.791. The van der Waals surface area contributed by atoms with Gasteiger partial charge in [0.05, 0.1) is 10.5 Å². The molecule has 1 unspecified atom stereocenters. The van der Waals surface area contributed by atoms with Crippen LogP contribution in [0.1, 0.15) is 18.9 Å². The smallest absolute Gasteiger partial charge is 0.311 e. The van der Waals surface area contributed by atoms with E-state index in [1.165, 1.54) is 6.07 Å². The number of pyridine rings is 1. The molecule has 0 aromatic carbocycles. The molecule has 1 aliphatic rings. The Morgan fingerprint density at radius 3 is 2.88 bits per heavy atom. The van der Waals surface area contributed by atoms with Gasteiger partial charge in [0.15, 0.2) is 0 Å². The first-order chi connectivity index (χ1) is 7.89. The molecule has 1 aromatic rings. The lowest BCUT2D eigenvalue weighted by atomic mass is 10.1. The van der Waals surface area contributed by atoms with Crippen molar-refractivity contribution in [2.45, 2.75) is 25.9 Å². The molecule has 1 aliphatic heterocycles. The van der Waals surface area contributed by atoms with Gasteiger partial charge in [-0.15, -0.1) is 0 Å². The minimum Gasteiger partial charge on any atom is -0.388 e. The van der Waals surface area contributed by atoms with E-state index in [2.05, 4.69) is 4.98 Å². The fraction of sp³-hybridized carbons (Fsp3) is 0.545. The van der Waals surface area contributed by atoms with Crippen LogP contribution in [0.15, 0.2) is 12.3 Å².